The van der Waals surface area contributed by atoms with Gasteiger partial charge in [0.15, 0.2) is 0 Å². The number of aryl methyl sites for hydroxylation is 2. The number of nitrogens with zero attached hydrogens (tertiary/aromatic N) is 2. The van der Waals surface area contributed by atoms with Gasteiger partial charge in [0.1, 0.15) is 12.4 Å². The minimum absolute atomic E-state index is 0.0969. The van der Waals surface area contributed by atoms with Crippen LogP contribution < -0.4 is 4.74 Å². The van der Waals surface area contributed by atoms with Gasteiger partial charge in [0.05, 0.1) is 17.8 Å². The van der Waals surface area contributed by atoms with E-state index in [0.29, 0.717) is 40.2 Å². The van der Waals surface area contributed by atoms with Crippen molar-refractivity contribution in [1.82, 2.24) is 9.78 Å². The smallest absolute Gasteiger partial charge is 0.307 e. The second-order valence-corrected chi connectivity index (χ2v) is 10.1. The first-order valence-electron chi connectivity index (χ1n) is 12.5. The fraction of sp³-hybridized carbons (Fsp3) is 0.125. The number of rotatable bonds is 10. The lowest BCUT2D eigenvalue weighted by molar-refractivity contribution is -0.136. The molecule has 5 rings (SSSR count). The molecule has 5 aromatic rings. The lowest BCUT2D eigenvalue weighted by atomic mass is 10.0. The van der Waals surface area contributed by atoms with Gasteiger partial charge in [-0.3, -0.25) is 9.48 Å². The number of benzene rings is 4. The normalized spacial score (nSPS) is 10.9. The molecule has 1 aromatic heterocycles. The van der Waals surface area contributed by atoms with Crippen molar-refractivity contribution in [2.45, 2.75) is 26.0 Å². The molecular formula is C32H26Cl2N2O3. The SMILES string of the molecule is O=C(O)Cc1ccc(OCc2cccc(Cl)c2)c(-c2cc(-c3ccc(Cl)cc3)n(CCc3ccccc3)n2)c1. The zero-order valence-corrected chi connectivity index (χ0v) is 22.6. The zero-order chi connectivity index (χ0) is 27.2. The van der Waals surface area contributed by atoms with Crippen molar-refractivity contribution < 1.29 is 14.6 Å². The first-order valence-corrected chi connectivity index (χ1v) is 13.3. The number of aliphatic carboxylic acids is 1. The second kappa shape index (κ2) is 12.2. The Kier molecular flexibility index (Phi) is 8.30. The Morgan fingerprint density at radius 3 is 2.31 bits per heavy atom. The molecule has 0 saturated carbocycles. The monoisotopic (exact) mass is 556 g/mol. The van der Waals surface area contributed by atoms with Crippen molar-refractivity contribution in [3.05, 3.63) is 130 Å². The minimum Gasteiger partial charge on any atom is -0.488 e. The van der Waals surface area contributed by atoms with Crippen molar-refractivity contribution in [1.29, 1.82) is 0 Å². The molecule has 7 heteroatoms. The third-order valence-electron chi connectivity index (χ3n) is 6.33. The van der Waals surface area contributed by atoms with E-state index in [4.69, 9.17) is 33.0 Å². The molecule has 0 aliphatic carbocycles. The Morgan fingerprint density at radius 2 is 1.56 bits per heavy atom. The van der Waals surface area contributed by atoms with Crippen LogP contribution in [0.5, 0.6) is 5.75 Å². The second-order valence-electron chi connectivity index (χ2n) is 9.20. The van der Waals surface area contributed by atoms with Crippen LogP contribution in [0.15, 0.2) is 103 Å². The third-order valence-corrected chi connectivity index (χ3v) is 6.82. The molecule has 0 aliphatic heterocycles. The first-order chi connectivity index (χ1) is 18.9. The Labute approximate surface area is 237 Å². The topological polar surface area (TPSA) is 64.3 Å². The lowest BCUT2D eigenvalue weighted by Gasteiger charge is -2.12. The van der Waals surface area contributed by atoms with E-state index in [1.54, 1.807) is 6.07 Å². The molecule has 4 aromatic carbocycles. The standard InChI is InChI=1S/C32H26Cl2N2O3/c33-26-12-10-25(11-13-26)30-20-29(35-36(30)16-15-22-5-2-1-3-6-22)28-18-23(19-32(37)38)9-14-31(28)39-21-24-7-4-8-27(34)17-24/h1-14,17-18,20H,15-16,19,21H2,(H,37,38). The van der Waals surface area contributed by atoms with Crippen molar-refractivity contribution in [3.8, 4) is 28.3 Å². The average Bonchev–Trinajstić information content (AvgIpc) is 3.36. The number of ether oxygens (including phenoxy) is 1. The van der Waals surface area contributed by atoms with Crippen molar-refractivity contribution in [3.63, 3.8) is 0 Å². The van der Waals surface area contributed by atoms with Crippen LogP contribution in [0.1, 0.15) is 16.7 Å². The van der Waals surface area contributed by atoms with Gasteiger partial charge >= 0.3 is 5.97 Å². The van der Waals surface area contributed by atoms with E-state index in [1.807, 2.05) is 89.6 Å². The van der Waals surface area contributed by atoms with Crippen LogP contribution in [0, 0.1) is 0 Å². The molecule has 196 valence electrons. The highest BCUT2D eigenvalue weighted by Gasteiger charge is 2.17. The van der Waals surface area contributed by atoms with Crippen molar-refractivity contribution >= 4 is 29.2 Å². The largest absolute Gasteiger partial charge is 0.488 e. The van der Waals surface area contributed by atoms with Crippen LogP contribution in [0.4, 0.5) is 0 Å². The molecule has 0 bridgehead atoms. The summed E-state index contributed by atoms with van der Waals surface area (Å²) in [6.45, 7) is 0.972. The van der Waals surface area contributed by atoms with Crippen molar-refractivity contribution in [2.75, 3.05) is 0 Å². The number of halogens is 2. The van der Waals surface area contributed by atoms with Crippen LogP contribution >= 0.6 is 23.2 Å². The van der Waals surface area contributed by atoms with Crippen LogP contribution in [0.25, 0.3) is 22.5 Å². The number of carbonyl (C=O) groups is 1. The van der Waals surface area contributed by atoms with Gasteiger partial charge in [-0.2, -0.15) is 5.10 Å². The number of hydrogen-bond acceptors (Lipinski definition) is 3. The van der Waals surface area contributed by atoms with Gasteiger partial charge in [0.25, 0.3) is 0 Å². The van der Waals surface area contributed by atoms with Crippen LogP contribution in [-0.2, 0) is 30.8 Å². The summed E-state index contributed by atoms with van der Waals surface area (Å²) in [6, 6.07) is 32.9. The minimum atomic E-state index is -0.899. The number of carboxylic acids is 1. The van der Waals surface area contributed by atoms with E-state index in [1.165, 1.54) is 5.56 Å². The quantitative estimate of drug-likeness (QED) is 0.189. The molecule has 0 spiro atoms. The maximum absolute atomic E-state index is 11.5. The van der Waals surface area contributed by atoms with E-state index < -0.39 is 5.97 Å². The summed E-state index contributed by atoms with van der Waals surface area (Å²) < 4.78 is 8.20. The molecule has 0 unspecified atom stereocenters. The molecule has 0 atom stereocenters. The predicted octanol–water partition coefficient (Wildman–Crippen LogP) is 7.97. The van der Waals surface area contributed by atoms with E-state index in [0.717, 1.165) is 28.8 Å². The molecule has 1 N–H and O–H groups in total. The molecule has 1 heterocycles. The summed E-state index contributed by atoms with van der Waals surface area (Å²) >= 11 is 12.3. The molecular weight excluding hydrogens is 531 g/mol. The van der Waals surface area contributed by atoms with Crippen molar-refractivity contribution in [2.24, 2.45) is 0 Å². The molecule has 0 aliphatic rings. The van der Waals surface area contributed by atoms with Crippen LogP contribution in [0.2, 0.25) is 10.0 Å². The fourth-order valence-corrected chi connectivity index (χ4v) is 4.77. The third kappa shape index (κ3) is 6.88. The number of carboxylic acid groups (broad SMARTS) is 1. The van der Waals surface area contributed by atoms with Gasteiger partial charge in [0, 0.05) is 22.2 Å². The van der Waals surface area contributed by atoms with E-state index in [9.17, 15) is 9.90 Å². The first kappa shape index (κ1) is 26.5. The fourth-order valence-electron chi connectivity index (χ4n) is 4.43. The lowest BCUT2D eigenvalue weighted by Crippen LogP contribution is -2.06. The van der Waals surface area contributed by atoms with E-state index in [-0.39, 0.29) is 6.42 Å². The summed E-state index contributed by atoms with van der Waals surface area (Å²) in [4.78, 5) is 11.5. The molecule has 5 nitrogen and oxygen atoms in total. The highest BCUT2D eigenvalue weighted by atomic mass is 35.5. The van der Waals surface area contributed by atoms with Crippen LogP contribution in [-0.4, -0.2) is 20.9 Å². The summed E-state index contributed by atoms with van der Waals surface area (Å²) in [6.07, 6.45) is 0.708. The summed E-state index contributed by atoms with van der Waals surface area (Å²) in [5, 5.41) is 15.7. The Hall–Kier alpha value is -4.06. The zero-order valence-electron chi connectivity index (χ0n) is 21.1. The van der Waals surface area contributed by atoms with Gasteiger partial charge in [-0.15, -0.1) is 0 Å². The van der Waals surface area contributed by atoms with Crippen LogP contribution in [0.3, 0.4) is 0 Å². The average molecular weight is 557 g/mol. The molecule has 0 amide bonds. The predicted molar refractivity (Wildman–Crippen MR) is 155 cm³/mol. The Morgan fingerprint density at radius 1 is 0.795 bits per heavy atom. The van der Waals surface area contributed by atoms with Gasteiger partial charge in [-0.05, 0) is 71.1 Å². The van der Waals surface area contributed by atoms with Gasteiger partial charge in [-0.25, -0.2) is 0 Å². The number of hydrogen-bond donors (Lipinski definition) is 1. The summed E-state index contributed by atoms with van der Waals surface area (Å²) in [5.74, 6) is -0.289. The van der Waals surface area contributed by atoms with Gasteiger partial charge < -0.3 is 9.84 Å². The van der Waals surface area contributed by atoms with Gasteiger partial charge in [0.2, 0.25) is 0 Å². The summed E-state index contributed by atoms with van der Waals surface area (Å²) in [7, 11) is 0. The Balaban J connectivity index is 1.54. The molecule has 0 fully saturated rings. The molecule has 0 saturated heterocycles. The maximum Gasteiger partial charge on any atom is 0.307 e. The van der Waals surface area contributed by atoms with E-state index in [2.05, 4.69) is 12.1 Å². The van der Waals surface area contributed by atoms with Gasteiger partial charge in [-0.1, -0.05) is 83.9 Å². The van der Waals surface area contributed by atoms with E-state index >= 15 is 0 Å². The summed E-state index contributed by atoms with van der Waals surface area (Å²) in [5.41, 5.74) is 6.14. The highest BCUT2D eigenvalue weighted by molar-refractivity contribution is 6.30. The molecule has 0 radical (unpaired) electrons. The highest BCUT2D eigenvalue weighted by Crippen LogP contribution is 2.34. The Bertz CT molecular complexity index is 1580. The number of aromatic nitrogens is 2. The maximum atomic E-state index is 11.5. The molecule has 39 heavy (non-hydrogen) atoms.